The molecule has 1 aliphatic heterocycles. The van der Waals surface area contributed by atoms with E-state index in [0.717, 1.165) is 43.1 Å². The first-order valence-electron chi connectivity index (χ1n) is 7.34. The monoisotopic (exact) mass is 317 g/mol. The third-order valence-corrected chi connectivity index (χ3v) is 4.55. The van der Waals surface area contributed by atoms with Gasteiger partial charge in [-0.1, -0.05) is 0 Å². The third kappa shape index (κ3) is 3.39. The van der Waals surface area contributed by atoms with Crippen molar-refractivity contribution < 1.29 is 9.53 Å². The maximum atomic E-state index is 12.3. The second-order valence-electron chi connectivity index (χ2n) is 5.30. The molecule has 22 heavy (non-hydrogen) atoms. The van der Waals surface area contributed by atoms with Crippen molar-refractivity contribution in [3.63, 3.8) is 0 Å². The van der Waals surface area contributed by atoms with Crippen molar-refractivity contribution in [2.24, 2.45) is 0 Å². The number of piperidine rings is 1. The minimum Gasteiger partial charge on any atom is -0.497 e. The quantitative estimate of drug-likeness (QED) is 0.942. The van der Waals surface area contributed by atoms with Crippen molar-refractivity contribution in [3.8, 4) is 5.75 Å². The highest BCUT2D eigenvalue weighted by molar-refractivity contribution is 7.08. The van der Waals surface area contributed by atoms with Crippen molar-refractivity contribution in [2.45, 2.75) is 18.9 Å². The summed E-state index contributed by atoms with van der Waals surface area (Å²) in [5, 5.41) is 7.27. The van der Waals surface area contributed by atoms with E-state index >= 15 is 0 Å². The summed E-state index contributed by atoms with van der Waals surface area (Å²) in [6.45, 7) is 1.55. The molecule has 0 atom stereocenters. The van der Waals surface area contributed by atoms with Gasteiger partial charge in [-0.2, -0.15) is 11.3 Å². The van der Waals surface area contributed by atoms with E-state index < -0.39 is 0 Å². The number of anilines is 1. The van der Waals surface area contributed by atoms with E-state index in [1.165, 1.54) is 0 Å². The van der Waals surface area contributed by atoms with Crippen LogP contribution < -0.4 is 10.1 Å². The molecule has 1 aliphatic rings. The summed E-state index contributed by atoms with van der Waals surface area (Å²) >= 11 is 1.56. The number of carbonyl (C=O) groups excluding carboxylic acids is 1. The Labute approximate surface area is 133 Å². The van der Waals surface area contributed by atoms with Gasteiger partial charge in [0.15, 0.2) is 0 Å². The average molecular weight is 317 g/mol. The Balaban J connectivity index is 1.54. The second-order valence-corrected chi connectivity index (χ2v) is 6.08. The number of carbonyl (C=O) groups is 1. The van der Waals surface area contributed by atoms with Gasteiger partial charge < -0.3 is 15.0 Å². The first kappa shape index (κ1) is 14.8. The van der Waals surface area contributed by atoms with Crippen molar-refractivity contribution in [1.29, 1.82) is 0 Å². The van der Waals surface area contributed by atoms with Gasteiger partial charge in [-0.05, 0) is 30.4 Å². The van der Waals surface area contributed by atoms with Crippen molar-refractivity contribution in [3.05, 3.63) is 40.7 Å². The number of thiophene rings is 1. The molecular weight excluding hydrogens is 298 g/mol. The molecule has 1 saturated heterocycles. The average Bonchev–Trinajstić information content (AvgIpc) is 3.09. The minimum atomic E-state index is 0.138. The standard InChI is InChI=1S/C16H19N3O2S/c1-21-14-2-6-17-15(10-14)18-13-3-7-19(8-4-13)16(20)12-5-9-22-11-12/h2,5-6,9-11,13H,3-4,7-8H2,1H3,(H,17,18). The summed E-state index contributed by atoms with van der Waals surface area (Å²) in [6, 6.07) is 5.94. The van der Waals surface area contributed by atoms with Crippen molar-refractivity contribution in [2.75, 3.05) is 25.5 Å². The van der Waals surface area contributed by atoms with E-state index in [9.17, 15) is 4.79 Å². The number of nitrogens with zero attached hydrogens (tertiary/aromatic N) is 2. The van der Waals surface area contributed by atoms with Gasteiger partial charge in [0.05, 0.1) is 12.7 Å². The zero-order chi connectivity index (χ0) is 15.4. The van der Waals surface area contributed by atoms with E-state index in [4.69, 9.17) is 4.74 Å². The van der Waals surface area contributed by atoms with E-state index in [2.05, 4.69) is 10.3 Å². The van der Waals surface area contributed by atoms with Crippen LogP contribution in [0.25, 0.3) is 0 Å². The molecule has 0 aliphatic carbocycles. The molecule has 0 bridgehead atoms. The molecule has 2 aromatic heterocycles. The summed E-state index contributed by atoms with van der Waals surface area (Å²) < 4.78 is 5.20. The van der Waals surface area contributed by atoms with E-state index in [1.54, 1.807) is 24.6 Å². The van der Waals surface area contributed by atoms with Crippen LogP contribution in [0.5, 0.6) is 5.75 Å². The van der Waals surface area contributed by atoms with Crippen LogP contribution in [-0.2, 0) is 0 Å². The van der Waals surface area contributed by atoms with E-state index in [1.807, 2.05) is 33.9 Å². The molecule has 6 heteroatoms. The van der Waals surface area contributed by atoms with Crippen LogP contribution in [0.2, 0.25) is 0 Å². The molecule has 2 aromatic rings. The first-order valence-corrected chi connectivity index (χ1v) is 8.28. The lowest BCUT2D eigenvalue weighted by atomic mass is 10.0. The van der Waals surface area contributed by atoms with Gasteiger partial charge in [0.1, 0.15) is 11.6 Å². The summed E-state index contributed by atoms with van der Waals surface area (Å²) in [6.07, 6.45) is 3.58. The molecule has 0 spiro atoms. The maximum Gasteiger partial charge on any atom is 0.254 e. The molecule has 0 saturated carbocycles. The molecule has 0 unspecified atom stereocenters. The molecule has 1 fully saturated rings. The topological polar surface area (TPSA) is 54.5 Å². The molecule has 3 rings (SSSR count). The fourth-order valence-electron chi connectivity index (χ4n) is 2.62. The fourth-order valence-corrected chi connectivity index (χ4v) is 3.25. The Bertz CT molecular complexity index is 622. The number of amides is 1. The number of methoxy groups -OCH3 is 1. The fraction of sp³-hybridized carbons (Fsp3) is 0.375. The first-order chi connectivity index (χ1) is 10.8. The number of rotatable bonds is 4. The van der Waals surface area contributed by atoms with Crippen molar-refractivity contribution in [1.82, 2.24) is 9.88 Å². The smallest absolute Gasteiger partial charge is 0.254 e. The Kier molecular flexibility index (Phi) is 4.58. The number of pyridine rings is 1. The van der Waals surface area contributed by atoms with Crippen LogP contribution in [0.1, 0.15) is 23.2 Å². The predicted molar refractivity (Wildman–Crippen MR) is 87.7 cm³/mol. The van der Waals surface area contributed by atoms with Gasteiger partial charge in [0.25, 0.3) is 5.91 Å². The van der Waals surface area contributed by atoms with Crippen LogP contribution in [0.3, 0.4) is 0 Å². The highest BCUT2D eigenvalue weighted by Crippen LogP contribution is 2.20. The van der Waals surface area contributed by atoms with Gasteiger partial charge in [0, 0.05) is 36.8 Å². The van der Waals surface area contributed by atoms with Gasteiger partial charge in [-0.15, -0.1) is 0 Å². The summed E-state index contributed by atoms with van der Waals surface area (Å²) in [7, 11) is 1.65. The molecule has 1 N–H and O–H groups in total. The molecule has 0 radical (unpaired) electrons. The molecule has 3 heterocycles. The Hall–Kier alpha value is -2.08. The zero-order valence-corrected chi connectivity index (χ0v) is 13.3. The molecule has 5 nitrogen and oxygen atoms in total. The minimum absolute atomic E-state index is 0.138. The van der Waals surface area contributed by atoms with Crippen LogP contribution in [0.15, 0.2) is 35.2 Å². The van der Waals surface area contributed by atoms with Crippen LogP contribution in [0, 0.1) is 0 Å². The Morgan fingerprint density at radius 2 is 2.23 bits per heavy atom. The molecule has 1 amide bonds. The predicted octanol–water partition coefficient (Wildman–Crippen LogP) is 2.87. The van der Waals surface area contributed by atoms with Crippen LogP contribution in [0.4, 0.5) is 5.82 Å². The number of hydrogen-bond donors (Lipinski definition) is 1. The Morgan fingerprint density at radius 3 is 2.91 bits per heavy atom. The van der Waals surface area contributed by atoms with Crippen LogP contribution in [-0.4, -0.2) is 42.0 Å². The van der Waals surface area contributed by atoms with E-state index in [-0.39, 0.29) is 5.91 Å². The third-order valence-electron chi connectivity index (χ3n) is 3.87. The molecular formula is C16H19N3O2S. The summed E-state index contributed by atoms with van der Waals surface area (Å²) in [5.74, 6) is 1.75. The van der Waals surface area contributed by atoms with Gasteiger partial charge in [-0.25, -0.2) is 4.98 Å². The number of ether oxygens (including phenoxy) is 1. The number of likely N-dealkylation sites (tertiary alicyclic amines) is 1. The van der Waals surface area contributed by atoms with E-state index in [0.29, 0.717) is 6.04 Å². The van der Waals surface area contributed by atoms with Gasteiger partial charge >= 0.3 is 0 Å². The normalized spacial score (nSPS) is 15.6. The highest BCUT2D eigenvalue weighted by atomic mass is 32.1. The zero-order valence-electron chi connectivity index (χ0n) is 12.5. The lowest BCUT2D eigenvalue weighted by Gasteiger charge is -2.32. The summed E-state index contributed by atoms with van der Waals surface area (Å²) in [4.78, 5) is 18.5. The van der Waals surface area contributed by atoms with Crippen LogP contribution >= 0.6 is 11.3 Å². The lowest BCUT2D eigenvalue weighted by Crippen LogP contribution is -2.42. The SMILES string of the molecule is COc1ccnc(NC2CCN(C(=O)c3ccsc3)CC2)c1. The number of nitrogens with one attached hydrogen (secondary N) is 1. The van der Waals surface area contributed by atoms with Gasteiger partial charge in [-0.3, -0.25) is 4.79 Å². The highest BCUT2D eigenvalue weighted by Gasteiger charge is 2.23. The van der Waals surface area contributed by atoms with Crippen molar-refractivity contribution >= 4 is 23.1 Å². The molecule has 0 aromatic carbocycles. The number of aromatic nitrogens is 1. The second kappa shape index (κ2) is 6.79. The maximum absolute atomic E-state index is 12.3. The largest absolute Gasteiger partial charge is 0.497 e. The Morgan fingerprint density at radius 1 is 1.41 bits per heavy atom. The molecule has 116 valence electrons. The lowest BCUT2D eigenvalue weighted by molar-refractivity contribution is 0.0719. The van der Waals surface area contributed by atoms with Gasteiger partial charge in [0.2, 0.25) is 0 Å². The number of hydrogen-bond acceptors (Lipinski definition) is 5. The summed E-state index contributed by atoms with van der Waals surface area (Å²) in [5.41, 5.74) is 0.797.